The maximum atomic E-state index is 13.6. The predicted octanol–water partition coefficient (Wildman–Crippen LogP) is 3.11. The summed E-state index contributed by atoms with van der Waals surface area (Å²) in [5.74, 6) is 0. The molecule has 2 aromatic carbocycles. The molecule has 0 spiro atoms. The fourth-order valence-electron chi connectivity index (χ4n) is 2.97. The fraction of sp³-hybridized carbons (Fsp3) is 0.118. The van der Waals surface area contributed by atoms with Crippen molar-refractivity contribution in [3.63, 3.8) is 0 Å². The van der Waals surface area contributed by atoms with Gasteiger partial charge in [0.25, 0.3) is 7.37 Å². The summed E-state index contributed by atoms with van der Waals surface area (Å²) < 4.78 is 24.7. The van der Waals surface area contributed by atoms with Crippen LogP contribution in [0.5, 0.6) is 0 Å². The maximum Gasteiger partial charge on any atom is 0.342 e. The van der Waals surface area contributed by atoms with Crippen LogP contribution in [-0.4, -0.2) is 0 Å². The van der Waals surface area contributed by atoms with Crippen LogP contribution in [0.4, 0.5) is 0 Å². The van der Waals surface area contributed by atoms with Gasteiger partial charge in [0.1, 0.15) is 5.58 Å². The molecule has 5 heteroatoms. The molecule has 0 amide bonds. The molecule has 4 nitrogen and oxygen atoms in total. The van der Waals surface area contributed by atoms with E-state index in [0.717, 1.165) is 0 Å². The molecule has 110 valence electrons. The van der Waals surface area contributed by atoms with Crippen molar-refractivity contribution in [2.45, 2.75) is 13.0 Å². The minimum absolute atomic E-state index is 0.367. The van der Waals surface area contributed by atoms with Gasteiger partial charge in [0.15, 0.2) is 0 Å². The van der Waals surface area contributed by atoms with Crippen LogP contribution in [0.3, 0.4) is 0 Å². The van der Waals surface area contributed by atoms with Gasteiger partial charge in [-0.1, -0.05) is 36.4 Å². The first-order chi connectivity index (χ1) is 10.6. The van der Waals surface area contributed by atoms with Crippen molar-refractivity contribution in [2.24, 2.45) is 0 Å². The molecule has 0 N–H and O–H groups in total. The highest BCUT2D eigenvalue weighted by atomic mass is 31.2. The van der Waals surface area contributed by atoms with Crippen molar-refractivity contribution in [2.75, 3.05) is 0 Å². The van der Waals surface area contributed by atoms with Gasteiger partial charge in [-0.25, -0.2) is 4.79 Å². The Morgan fingerprint density at radius 3 is 2.45 bits per heavy atom. The maximum absolute atomic E-state index is 13.6. The Morgan fingerprint density at radius 1 is 1.00 bits per heavy atom. The summed E-state index contributed by atoms with van der Waals surface area (Å²) in [7, 11) is -3.30. The van der Waals surface area contributed by atoms with Crippen LogP contribution in [-0.2, 0) is 9.09 Å². The molecule has 1 aliphatic heterocycles. The second-order valence-electron chi connectivity index (χ2n) is 5.28. The smallest absolute Gasteiger partial charge is 0.342 e. The molecule has 2 heterocycles. The summed E-state index contributed by atoms with van der Waals surface area (Å²) in [6.07, 6.45) is -0.554. The molecule has 0 radical (unpaired) electrons. The first-order valence-electron chi connectivity index (χ1n) is 7.01. The Bertz CT molecular complexity index is 975. The van der Waals surface area contributed by atoms with Crippen molar-refractivity contribution < 1.29 is 13.5 Å². The van der Waals surface area contributed by atoms with E-state index in [0.29, 0.717) is 27.1 Å². The lowest BCUT2D eigenvalue weighted by Gasteiger charge is -2.14. The Balaban J connectivity index is 2.16. The highest BCUT2D eigenvalue weighted by molar-refractivity contribution is 7.75. The van der Waals surface area contributed by atoms with Crippen LogP contribution in [0.15, 0.2) is 63.8 Å². The van der Waals surface area contributed by atoms with Gasteiger partial charge in [-0.05, 0) is 25.1 Å². The summed E-state index contributed by atoms with van der Waals surface area (Å²) in [5.41, 5.74) is 0.320. The van der Waals surface area contributed by atoms with Crippen molar-refractivity contribution in [1.29, 1.82) is 0 Å². The Labute approximate surface area is 126 Å². The van der Waals surface area contributed by atoms with Crippen LogP contribution in [0.25, 0.3) is 11.0 Å². The first-order valence-corrected chi connectivity index (χ1v) is 8.64. The van der Waals surface area contributed by atoms with Crippen LogP contribution >= 0.6 is 7.37 Å². The summed E-state index contributed by atoms with van der Waals surface area (Å²) in [6, 6.07) is 16.2. The summed E-state index contributed by atoms with van der Waals surface area (Å²) >= 11 is 0. The SMILES string of the molecule is C[C@@H]1OP(=O)(c2ccccc2)c2c1c(=O)oc1ccccc21. The van der Waals surface area contributed by atoms with E-state index < -0.39 is 19.1 Å². The van der Waals surface area contributed by atoms with E-state index in [-0.39, 0.29) is 0 Å². The molecule has 0 fully saturated rings. The zero-order valence-corrected chi connectivity index (χ0v) is 12.7. The highest BCUT2D eigenvalue weighted by Crippen LogP contribution is 2.55. The molecule has 4 rings (SSSR count). The topological polar surface area (TPSA) is 56.5 Å². The lowest BCUT2D eigenvalue weighted by Crippen LogP contribution is -2.21. The minimum Gasteiger partial charge on any atom is -0.422 e. The highest BCUT2D eigenvalue weighted by Gasteiger charge is 2.44. The van der Waals surface area contributed by atoms with Gasteiger partial charge in [0.05, 0.1) is 17.0 Å². The van der Waals surface area contributed by atoms with Crippen molar-refractivity contribution in [3.05, 3.63) is 70.6 Å². The molecule has 0 aliphatic carbocycles. The molecular weight excluding hydrogens is 299 g/mol. The van der Waals surface area contributed by atoms with E-state index in [9.17, 15) is 9.36 Å². The Kier molecular flexibility index (Phi) is 2.86. The van der Waals surface area contributed by atoms with Crippen LogP contribution < -0.4 is 16.2 Å². The van der Waals surface area contributed by atoms with Gasteiger partial charge >= 0.3 is 5.63 Å². The number of hydrogen-bond acceptors (Lipinski definition) is 4. The normalized spacial score (nSPS) is 23.6. The number of fused-ring (bicyclic) bond motifs is 3. The first kappa shape index (κ1) is 13.5. The molecule has 1 aliphatic rings. The molecule has 2 atom stereocenters. The molecule has 1 unspecified atom stereocenters. The number of benzene rings is 2. The summed E-state index contributed by atoms with van der Waals surface area (Å²) in [5, 5.41) is 1.75. The molecule has 22 heavy (non-hydrogen) atoms. The second kappa shape index (κ2) is 4.67. The number of rotatable bonds is 1. The second-order valence-corrected chi connectivity index (χ2v) is 7.56. The average Bonchev–Trinajstić information content (AvgIpc) is 2.82. The van der Waals surface area contributed by atoms with Gasteiger partial charge in [-0.2, -0.15) is 0 Å². The molecule has 0 bridgehead atoms. The van der Waals surface area contributed by atoms with Crippen molar-refractivity contribution >= 4 is 28.9 Å². The van der Waals surface area contributed by atoms with E-state index in [4.69, 9.17) is 8.94 Å². The zero-order chi connectivity index (χ0) is 15.3. The van der Waals surface area contributed by atoms with E-state index in [1.54, 1.807) is 31.2 Å². The van der Waals surface area contributed by atoms with Gasteiger partial charge in [0.2, 0.25) is 0 Å². The van der Waals surface area contributed by atoms with Crippen molar-refractivity contribution in [1.82, 2.24) is 0 Å². The Morgan fingerprint density at radius 2 is 1.68 bits per heavy atom. The van der Waals surface area contributed by atoms with E-state index >= 15 is 0 Å². The predicted molar refractivity (Wildman–Crippen MR) is 85.3 cm³/mol. The van der Waals surface area contributed by atoms with Crippen LogP contribution in [0, 0.1) is 0 Å². The van der Waals surface area contributed by atoms with Gasteiger partial charge in [-0.3, -0.25) is 4.57 Å². The summed E-state index contributed by atoms with van der Waals surface area (Å²) in [4.78, 5) is 12.3. The van der Waals surface area contributed by atoms with Gasteiger partial charge < -0.3 is 8.94 Å². The van der Waals surface area contributed by atoms with E-state index in [1.807, 2.05) is 30.3 Å². The lowest BCUT2D eigenvalue weighted by atomic mass is 10.1. The van der Waals surface area contributed by atoms with E-state index in [2.05, 4.69) is 0 Å². The molecular formula is C17H13O4P. The van der Waals surface area contributed by atoms with Crippen LogP contribution in [0.2, 0.25) is 0 Å². The lowest BCUT2D eigenvalue weighted by molar-refractivity contribution is 0.248. The number of hydrogen-bond donors (Lipinski definition) is 0. The molecule has 3 aromatic rings. The van der Waals surface area contributed by atoms with E-state index in [1.165, 1.54) is 0 Å². The fourth-order valence-corrected chi connectivity index (χ4v) is 5.66. The molecule has 1 aromatic heterocycles. The van der Waals surface area contributed by atoms with Crippen LogP contribution in [0.1, 0.15) is 18.6 Å². The minimum atomic E-state index is -3.30. The third-order valence-corrected chi connectivity index (χ3v) is 6.59. The largest absolute Gasteiger partial charge is 0.422 e. The van der Waals surface area contributed by atoms with Gasteiger partial charge in [-0.15, -0.1) is 0 Å². The molecule has 0 saturated heterocycles. The number of para-hydroxylation sites is 1. The summed E-state index contributed by atoms with van der Waals surface area (Å²) in [6.45, 7) is 1.73. The third kappa shape index (κ3) is 1.75. The average molecular weight is 312 g/mol. The monoisotopic (exact) mass is 312 g/mol. The standard InChI is InChI=1S/C17H13O4P/c1-11-15-16(13-9-5-6-10-14(13)20-17(15)18)22(19,21-11)12-7-3-2-4-8-12/h2-11H,1H3/t11-,22?/m0/s1. The quantitative estimate of drug-likeness (QED) is 0.512. The van der Waals surface area contributed by atoms with Crippen molar-refractivity contribution in [3.8, 4) is 0 Å². The zero-order valence-electron chi connectivity index (χ0n) is 11.9. The van der Waals surface area contributed by atoms with Gasteiger partial charge in [0, 0.05) is 10.7 Å². The Hall–Kier alpha value is -2.16. The third-order valence-electron chi connectivity index (χ3n) is 3.92. The molecule has 0 saturated carbocycles.